The second-order valence-corrected chi connectivity index (χ2v) is 6.97. The molecule has 2 saturated heterocycles. The maximum atomic E-state index is 12.3. The van der Waals surface area contributed by atoms with Crippen molar-refractivity contribution in [3.05, 3.63) is 0 Å². The Bertz CT molecular complexity index is 324. The minimum atomic E-state index is -0.339. The van der Waals surface area contributed by atoms with Gasteiger partial charge in [0.2, 0.25) is 5.91 Å². The number of carbonyl (C=O) groups is 1. The van der Waals surface area contributed by atoms with Gasteiger partial charge in [-0.05, 0) is 45.7 Å². The number of rotatable bonds is 7. The van der Waals surface area contributed by atoms with Crippen LogP contribution < -0.4 is 5.32 Å². The fraction of sp³-hybridized carbons (Fsp3) is 0.941. The summed E-state index contributed by atoms with van der Waals surface area (Å²) in [5.74, 6) is 0.260. The van der Waals surface area contributed by atoms with Gasteiger partial charge in [0, 0.05) is 38.6 Å². The van der Waals surface area contributed by atoms with Crippen molar-refractivity contribution in [2.24, 2.45) is 0 Å². The van der Waals surface area contributed by atoms with Crippen molar-refractivity contribution < 1.29 is 9.90 Å². The number of nitrogens with one attached hydrogen (secondary N) is 1. The first-order valence-electron chi connectivity index (χ1n) is 9.06. The second kappa shape index (κ2) is 9.48. The zero-order chi connectivity index (χ0) is 15.8. The van der Waals surface area contributed by atoms with Crippen molar-refractivity contribution in [1.82, 2.24) is 15.1 Å². The quantitative estimate of drug-likeness (QED) is 0.742. The monoisotopic (exact) mass is 311 g/mol. The van der Waals surface area contributed by atoms with E-state index in [9.17, 15) is 9.90 Å². The van der Waals surface area contributed by atoms with Gasteiger partial charge in [-0.1, -0.05) is 12.8 Å². The van der Waals surface area contributed by atoms with Gasteiger partial charge in [0.25, 0.3) is 0 Å². The van der Waals surface area contributed by atoms with Crippen LogP contribution in [0, 0.1) is 0 Å². The molecule has 2 N–H and O–H groups in total. The van der Waals surface area contributed by atoms with Gasteiger partial charge in [0.1, 0.15) is 0 Å². The standard InChI is InChI=1S/C17H33N3O2/c1-15(12-17(22)20-10-4-2-3-5-11-20)18-13-16(21)14-19-8-6-7-9-19/h15-16,18,21H,2-14H2,1H3. The van der Waals surface area contributed by atoms with E-state index in [0.717, 1.165) is 45.6 Å². The van der Waals surface area contributed by atoms with Crippen LogP contribution in [0.4, 0.5) is 0 Å². The lowest BCUT2D eigenvalue weighted by Gasteiger charge is -2.24. The van der Waals surface area contributed by atoms with E-state index in [2.05, 4.69) is 10.2 Å². The van der Waals surface area contributed by atoms with Crippen LogP contribution in [0.5, 0.6) is 0 Å². The molecule has 0 saturated carbocycles. The van der Waals surface area contributed by atoms with E-state index in [1.54, 1.807) is 0 Å². The van der Waals surface area contributed by atoms with Crippen LogP contribution in [0.3, 0.4) is 0 Å². The first-order valence-corrected chi connectivity index (χ1v) is 9.06. The molecule has 2 fully saturated rings. The molecule has 0 bridgehead atoms. The van der Waals surface area contributed by atoms with Crippen molar-refractivity contribution in [1.29, 1.82) is 0 Å². The topological polar surface area (TPSA) is 55.8 Å². The number of aliphatic hydroxyl groups excluding tert-OH is 1. The lowest BCUT2D eigenvalue weighted by atomic mass is 10.2. The highest BCUT2D eigenvalue weighted by Crippen LogP contribution is 2.11. The molecule has 1 amide bonds. The second-order valence-electron chi connectivity index (χ2n) is 6.97. The van der Waals surface area contributed by atoms with Crippen molar-refractivity contribution in [2.75, 3.05) is 39.3 Å². The normalized spacial score (nSPS) is 23.3. The smallest absolute Gasteiger partial charge is 0.224 e. The van der Waals surface area contributed by atoms with Gasteiger partial charge in [0.05, 0.1) is 6.10 Å². The highest BCUT2D eigenvalue weighted by molar-refractivity contribution is 5.76. The number of nitrogens with zero attached hydrogens (tertiary/aromatic N) is 2. The number of likely N-dealkylation sites (tertiary alicyclic amines) is 2. The van der Waals surface area contributed by atoms with Crippen LogP contribution in [0.25, 0.3) is 0 Å². The molecule has 2 rings (SSSR count). The molecule has 0 radical (unpaired) electrons. The Morgan fingerprint density at radius 1 is 1.05 bits per heavy atom. The first kappa shape index (κ1) is 17.7. The highest BCUT2D eigenvalue weighted by Gasteiger charge is 2.19. The van der Waals surface area contributed by atoms with Gasteiger partial charge in [-0.3, -0.25) is 4.79 Å². The summed E-state index contributed by atoms with van der Waals surface area (Å²) in [6.45, 7) is 7.43. The Hall–Kier alpha value is -0.650. The number of aliphatic hydroxyl groups is 1. The molecule has 0 aromatic rings. The molecule has 2 aliphatic heterocycles. The Labute approximate surface area is 135 Å². The van der Waals surface area contributed by atoms with Crippen molar-refractivity contribution in [3.63, 3.8) is 0 Å². The molecule has 0 aromatic carbocycles. The van der Waals surface area contributed by atoms with E-state index >= 15 is 0 Å². The molecule has 2 heterocycles. The fourth-order valence-electron chi connectivity index (χ4n) is 3.45. The van der Waals surface area contributed by atoms with E-state index in [-0.39, 0.29) is 18.1 Å². The predicted molar refractivity (Wildman–Crippen MR) is 88.8 cm³/mol. The maximum Gasteiger partial charge on any atom is 0.224 e. The molecule has 128 valence electrons. The SMILES string of the molecule is CC(CC(=O)N1CCCCCC1)NCC(O)CN1CCCC1. The molecule has 2 unspecified atom stereocenters. The van der Waals surface area contributed by atoms with Crippen LogP contribution >= 0.6 is 0 Å². The fourth-order valence-corrected chi connectivity index (χ4v) is 3.45. The lowest BCUT2D eigenvalue weighted by molar-refractivity contribution is -0.131. The predicted octanol–water partition coefficient (Wildman–Crippen LogP) is 1.21. The maximum absolute atomic E-state index is 12.3. The number of hydrogen-bond donors (Lipinski definition) is 2. The molecule has 5 nitrogen and oxygen atoms in total. The zero-order valence-electron chi connectivity index (χ0n) is 14.1. The van der Waals surface area contributed by atoms with Gasteiger partial charge in [-0.15, -0.1) is 0 Å². The van der Waals surface area contributed by atoms with Crippen LogP contribution in [0.15, 0.2) is 0 Å². The van der Waals surface area contributed by atoms with E-state index in [1.807, 2.05) is 11.8 Å². The summed E-state index contributed by atoms with van der Waals surface area (Å²) in [5, 5.41) is 13.4. The molecule has 0 aromatic heterocycles. The average Bonchev–Trinajstić information content (AvgIpc) is 2.84. The van der Waals surface area contributed by atoms with Crippen molar-refractivity contribution in [3.8, 4) is 0 Å². The first-order chi connectivity index (χ1) is 10.6. The molecular weight excluding hydrogens is 278 g/mol. The third kappa shape index (κ3) is 6.23. The number of carbonyl (C=O) groups excluding carboxylic acids is 1. The summed E-state index contributed by atoms with van der Waals surface area (Å²) in [5.41, 5.74) is 0. The minimum absolute atomic E-state index is 0.129. The molecule has 0 aliphatic carbocycles. The lowest BCUT2D eigenvalue weighted by Crippen LogP contribution is -2.42. The van der Waals surface area contributed by atoms with Crippen molar-refractivity contribution in [2.45, 2.75) is 64.0 Å². The number of hydrogen-bond acceptors (Lipinski definition) is 4. The van der Waals surface area contributed by atoms with Crippen LogP contribution in [-0.2, 0) is 4.79 Å². The van der Waals surface area contributed by atoms with E-state index in [1.165, 1.54) is 25.7 Å². The molecule has 5 heteroatoms. The summed E-state index contributed by atoms with van der Waals surface area (Å²) < 4.78 is 0. The van der Waals surface area contributed by atoms with Gasteiger partial charge < -0.3 is 20.2 Å². The van der Waals surface area contributed by atoms with Gasteiger partial charge >= 0.3 is 0 Å². The summed E-state index contributed by atoms with van der Waals surface area (Å²) in [6, 6.07) is 0.129. The minimum Gasteiger partial charge on any atom is -0.390 e. The van der Waals surface area contributed by atoms with Gasteiger partial charge in [0.15, 0.2) is 0 Å². The Morgan fingerprint density at radius 3 is 2.27 bits per heavy atom. The largest absolute Gasteiger partial charge is 0.390 e. The zero-order valence-corrected chi connectivity index (χ0v) is 14.1. The Morgan fingerprint density at radius 2 is 1.64 bits per heavy atom. The van der Waals surface area contributed by atoms with Crippen LogP contribution in [0.2, 0.25) is 0 Å². The number of β-amino-alcohol motifs (C(OH)–C–C–N with tert-alkyl or cyclic N) is 1. The van der Waals surface area contributed by atoms with Crippen molar-refractivity contribution >= 4 is 5.91 Å². The van der Waals surface area contributed by atoms with E-state index in [0.29, 0.717) is 13.0 Å². The Kier molecular flexibility index (Phi) is 7.63. The van der Waals surface area contributed by atoms with Crippen LogP contribution in [0.1, 0.15) is 51.9 Å². The van der Waals surface area contributed by atoms with E-state index < -0.39 is 0 Å². The summed E-state index contributed by atoms with van der Waals surface area (Å²) in [7, 11) is 0. The summed E-state index contributed by atoms with van der Waals surface area (Å²) in [4.78, 5) is 16.6. The third-order valence-corrected chi connectivity index (χ3v) is 4.81. The van der Waals surface area contributed by atoms with E-state index in [4.69, 9.17) is 0 Å². The summed E-state index contributed by atoms with van der Waals surface area (Å²) in [6.07, 6.45) is 7.48. The average molecular weight is 311 g/mol. The molecule has 2 atom stereocenters. The highest BCUT2D eigenvalue weighted by atomic mass is 16.3. The van der Waals surface area contributed by atoms with Gasteiger partial charge in [-0.2, -0.15) is 0 Å². The third-order valence-electron chi connectivity index (χ3n) is 4.81. The van der Waals surface area contributed by atoms with Crippen LogP contribution in [-0.4, -0.2) is 72.2 Å². The Balaban J connectivity index is 1.61. The molecule has 0 spiro atoms. The van der Waals surface area contributed by atoms with Gasteiger partial charge in [-0.25, -0.2) is 0 Å². The molecule has 2 aliphatic rings. The molecule has 22 heavy (non-hydrogen) atoms. The summed E-state index contributed by atoms with van der Waals surface area (Å²) >= 11 is 0. The number of amides is 1. The molecular formula is C17H33N3O2.